The van der Waals surface area contributed by atoms with Gasteiger partial charge in [0.2, 0.25) is 0 Å². The third-order valence-corrected chi connectivity index (χ3v) is 5.18. The van der Waals surface area contributed by atoms with Crippen molar-refractivity contribution >= 4 is 63.7 Å². The highest BCUT2D eigenvalue weighted by Gasteiger charge is 2.24. The van der Waals surface area contributed by atoms with E-state index in [0.717, 1.165) is 6.07 Å². The van der Waals surface area contributed by atoms with Crippen LogP contribution in [0.3, 0.4) is 0 Å². The van der Waals surface area contributed by atoms with E-state index in [4.69, 9.17) is 44.3 Å². The van der Waals surface area contributed by atoms with E-state index >= 15 is 0 Å². The van der Waals surface area contributed by atoms with E-state index < -0.39 is 23.4 Å². The summed E-state index contributed by atoms with van der Waals surface area (Å²) >= 11 is 17.9. The number of ether oxygens (including phenoxy) is 2. The zero-order valence-corrected chi connectivity index (χ0v) is 18.2. The van der Waals surface area contributed by atoms with Gasteiger partial charge in [0.05, 0.1) is 45.1 Å². The Morgan fingerprint density at radius 1 is 1.13 bits per heavy atom. The molecular weight excluding hydrogens is 473 g/mol. The van der Waals surface area contributed by atoms with Crippen LogP contribution in [0.2, 0.25) is 15.1 Å². The molecule has 1 aliphatic rings. The predicted octanol–water partition coefficient (Wildman–Crippen LogP) is 4.19. The second kappa shape index (κ2) is 10.1. The fraction of sp³-hybridized carbons (Fsp3) is 0.263. The first-order valence-electron chi connectivity index (χ1n) is 8.99. The highest BCUT2D eigenvalue weighted by atomic mass is 35.5. The van der Waals surface area contributed by atoms with Gasteiger partial charge < -0.3 is 19.7 Å². The van der Waals surface area contributed by atoms with E-state index in [2.05, 4.69) is 5.32 Å². The molecule has 0 radical (unpaired) electrons. The third-order valence-electron chi connectivity index (χ3n) is 4.37. The lowest BCUT2D eigenvalue weighted by Crippen LogP contribution is -2.37. The SMILES string of the molecule is O=C(COC(=O)c1cc([N+](=O)[O-])ccc1N1CCOCC1)Nc1c(Cl)cc(Cl)cc1Cl. The zero-order valence-electron chi connectivity index (χ0n) is 15.9. The van der Waals surface area contributed by atoms with Crippen LogP contribution in [0.4, 0.5) is 17.1 Å². The third kappa shape index (κ3) is 5.76. The molecule has 2 aromatic rings. The van der Waals surface area contributed by atoms with Gasteiger partial charge in [-0.25, -0.2) is 4.79 Å². The summed E-state index contributed by atoms with van der Waals surface area (Å²) in [5.74, 6) is -1.58. The molecule has 1 N–H and O–H groups in total. The molecule has 0 atom stereocenters. The minimum Gasteiger partial charge on any atom is -0.452 e. The number of nitro groups is 1. The summed E-state index contributed by atoms with van der Waals surface area (Å²) in [5, 5.41) is 14.1. The van der Waals surface area contributed by atoms with Crippen molar-refractivity contribution in [2.75, 3.05) is 43.1 Å². The second-order valence-corrected chi connectivity index (χ2v) is 7.68. The summed E-state index contributed by atoms with van der Waals surface area (Å²) < 4.78 is 10.4. The van der Waals surface area contributed by atoms with Crippen molar-refractivity contribution in [1.29, 1.82) is 0 Å². The number of morpholine rings is 1. The van der Waals surface area contributed by atoms with E-state index in [9.17, 15) is 19.7 Å². The molecule has 31 heavy (non-hydrogen) atoms. The minimum atomic E-state index is -0.881. The maximum absolute atomic E-state index is 12.7. The molecule has 1 fully saturated rings. The number of hydrogen-bond donors (Lipinski definition) is 1. The van der Waals surface area contributed by atoms with Gasteiger partial charge in [-0.2, -0.15) is 0 Å². The van der Waals surface area contributed by atoms with Crippen molar-refractivity contribution in [3.63, 3.8) is 0 Å². The quantitative estimate of drug-likeness (QED) is 0.369. The Bertz CT molecular complexity index is 1000. The Morgan fingerprint density at radius 2 is 1.77 bits per heavy atom. The average Bonchev–Trinajstić information content (AvgIpc) is 2.74. The monoisotopic (exact) mass is 487 g/mol. The Morgan fingerprint density at radius 3 is 2.39 bits per heavy atom. The normalized spacial score (nSPS) is 13.6. The van der Waals surface area contributed by atoms with Gasteiger partial charge in [-0.1, -0.05) is 34.8 Å². The van der Waals surface area contributed by atoms with E-state index in [-0.39, 0.29) is 27.0 Å². The first-order chi connectivity index (χ1) is 14.8. The largest absolute Gasteiger partial charge is 0.452 e. The van der Waals surface area contributed by atoms with Crippen molar-refractivity contribution in [3.8, 4) is 0 Å². The van der Waals surface area contributed by atoms with Gasteiger partial charge in [-0.3, -0.25) is 14.9 Å². The van der Waals surface area contributed by atoms with E-state index in [1.165, 1.54) is 24.3 Å². The minimum absolute atomic E-state index is 0.0218. The van der Waals surface area contributed by atoms with Gasteiger partial charge in [-0.15, -0.1) is 0 Å². The number of esters is 1. The molecule has 9 nitrogen and oxygen atoms in total. The number of nitrogens with zero attached hydrogens (tertiary/aromatic N) is 2. The van der Waals surface area contributed by atoms with Crippen LogP contribution in [0.15, 0.2) is 30.3 Å². The first-order valence-corrected chi connectivity index (χ1v) is 10.1. The van der Waals surface area contributed by atoms with Crippen LogP contribution in [-0.4, -0.2) is 49.7 Å². The zero-order chi connectivity index (χ0) is 22.5. The van der Waals surface area contributed by atoms with E-state index in [1.54, 1.807) is 0 Å². The lowest BCUT2D eigenvalue weighted by molar-refractivity contribution is -0.384. The number of nitrogens with one attached hydrogen (secondary N) is 1. The highest BCUT2D eigenvalue weighted by molar-refractivity contribution is 6.42. The van der Waals surface area contributed by atoms with E-state index in [1.807, 2.05) is 4.90 Å². The van der Waals surface area contributed by atoms with Gasteiger partial charge in [-0.05, 0) is 18.2 Å². The average molecular weight is 489 g/mol. The van der Waals surface area contributed by atoms with Crippen molar-refractivity contribution in [3.05, 3.63) is 61.1 Å². The predicted molar refractivity (Wildman–Crippen MR) is 117 cm³/mol. The molecule has 0 aromatic heterocycles. The van der Waals surface area contributed by atoms with Gasteiger partial charge in [0, 0.05) is 30.2 Å². The van der Waals surface area contributed by atoms with Gasteiger partial charge >= 0.3 is 5.97 Å². The fourth-order valence-corrected chi connectivity index (χ4v) is 3.84. The number of rotatable bonds is 6. The molecule has 1 heterocycles. The Hall–Kier alpha value is -2.59. The van der Waals surface area contributed by atoms with Crippen molar-refractivity contribution in [2.24, 2.45) is 0 Å². The summed E-state index contributed by atoms with van der Waals surface area (Å²) in [6.07, 6.45) is 0. The van der Waals surface area contributed by atoms with Crippen LogP contribution < -0.4 is 10.2 Å². The molecule has 2 aromatic carbocycles. The molecule has 0 aliphatic carbocycles. The van der Waals surface area contributed by atoms with Crippen molar-refractivity contribution in [2.45, 2.75) is 0 Å². The number of nitro benzene ring substituents is 1. The Labute approximate surface area is 191 Å². The maximum atomic E-state index is 12.7. The number of carbonyl (C=O) groups excluding carboxylic acids is 2. The molecule has 1 amide bonds. The standard InChI is InChI=1S/C19H16Cl3N3O6/c20-11-7-14(21)18(15(22)8-11)23-17(26)10-31-19(27)13-9-12(25(28)29)1-2-16(13)24-3-5-30-6-4-24/h1-2,7-9H,3-6,10H2,(H,23,26). The summed E-state index contributed by atoms with van der Waals surface area (Å²) in [4.78, 5) is 37.3. The Balaban J connectivity index is 1.74. The smallest absolute Gasteiger partial charge is 0.341 e. The number of benzene rings is 2. The first kappa shape index (κ1) is 23.1. The molecule has 0 spiro atoms. The second-order valence-electron chi connectivity index (χ2n) is 6.43. The summed E-state index contributed by atoms with van der Waals surface area (Å²) in [5.41, 5.74) is 0.292. The number of amides is 1. The van der Waals surface area contributed by atoms with Gasteiger partial charge in [0.15, 0.2) is 6.61 Å². The van der Waals surface area contributed by atoms with Crippen LogP contribution in [0, 0.1) is 10.1 Å². The van der Waals surface area contributed by atoms with Crippen LogP contribution >= 0.6 is 34.8 Å². The summed E-state index contributed by atoms with van der Waals surface area (Å²) in [6.45, 7) is 1.27. The van der Waals surface area contributed by atoms with E-state index in [0.29, 0.717) is 37.0 Å². The number of carbonyl (C=O) groups is 2. The highest BCUT2D eigenvalue weighted by Crippen LogP contribution is 2.33. The lowest BCUT2D eigenvalue weighted by Gasteiger charge is -2.30. The molecule has 0 unspecified atom stereocenters. The van der Waals surface area contributed by atoms with Crippen LogP contribution in [0.5, 0.6) is 0 Å². The molecule has 1 aliphatic heterocycles. The molecular formula is C19H16Cl3N3O6. The lowest BCUT2D eigenvalue weighted by atomic mass is 10.1. The summed E-state index contributed by atoms with van der Waals surface area (Å²) in [7, 11) is 0. The number of hydrogen-bond acceptors (Lipinski definition) is 7. The number of non-ortho nitro benzene ring substituents is 1. The van der Waals surface area contributed by atoms with Crippen molar-refractivity contribution in [1.82, 2.24) is 0 Å². The van der Waals surface area contributed by atoms with Crippen LogP contribution in [-0.2, 0) is 14.3 Å². The topological polar surface area (TPSA) is 111 Å². The van der Waals surface area contributed by atoms with Crippen LogP contribution in [0.25, 0.3) is 0 Å². The molecule has 1 saturated heterocycles. The van der Waals surface area contributed by atoms with Gasteiger partial charge in [0.1, 0.15) is 0 Å². The van der Waals surface area contributed by atoms with Gasteiger partial charge in [0.25, 0.3) is 11.6 Å². The molecule has 0 saturated carbocycles. The van der Waals surface area contributed by atoms with Crippen molar-refractivity contribution < 1.29 is 24.0 Å². The summed E-state index contributed by atoms with van der Waals surface area (Å²) in [6, 6.07) is 6.70. The molecule has 164 valence electrons. The number of halogens is 3. The Kier molecular flexibility index (Phi) is 7.55. The molecule has 3 rings (SSSR count). The number of anilines is 2. The van der Waals surface area contributed by atoms with Crippen LogP contribution in [0.1, 0.15) is 10.4 Å². The molecule has 12 heteroatoms. The molecule has 0 bridgehead atoms. The fourth-order valence-electron chi connectivity index (χ4n) is 2.93. The maximum Gasteiger partial charge on any atom is 0.341 e.